The summed E-state index contributed by atoms with van der Waals surface area (Å²) < 4.78 is 23.4. The standard InChI is InChI=1S/C24H43NO11/c1-8-11(3)24(7)20(25-12(4)27)18(14(28)13(10-26)35-24)33-22-16(30)15(29)17(19(34-22)21(31)32)36-23(5,6)9-2/h11,13-20,22,26,28-30H,8-10H2,1-7H3,(H,25,27)(H,31,32). The van der Waals surface area contributed by atoms with E-state index < -0.39 is 84.7 Å². The van der Waals surface area contributed by atoms with Gasteiger partial charge in [0.25, 0.3) is 0 Å². The van der Waals surface area contributed by atoms with Gasteiger partial charge in [-0.2, -0.15) is 0 Å². The topological polar surface area (TPSA) is 184 Å². The molecule has 2 fully saturated rings. The van der Waals surface area contributed by atoms with Crippen molar-refractivity contribution in [1.29, 1.82) is 0 Å². The summed E-state index contributed by atoms with van der Waals surface area (Å²) in [6.07, 6.45) is -10.9. The summed E-state index contributed by atoms with van der Waals surface area (Å²) in [5, 5.41) is 55.1. The van der Waals surface area contributed by atoms with Crippen LogP contribution in [0.1, 0.15) is 61.3 Å². The Bertz CT molecular complexity index is 764. The molecule has 0 aliphatic carbocycles. The molecule has 2 aliphatic rings. The van der Waals surface area contributed by atoms with E-state index >= 15 is 0 Å². The fraction of sp³-hybridized carbons (Fsp3) is 0.917. The monoisotopic (exact) mass is 521 g/mol. The number of carboxylic acid groups (broad SMARTS) is 1. The highest BCUT2D eigenvalue weighted by atomic mass is 16.7. The van der Waals surface area contributed by atoms with Gasteiger partial charge in [-0.05, 0) is 33.1 Å². The second-order valence-corrected chi connectivity index (χ2v) is 10.5. The molecule has 0 saturated carbocycles. The van der Waals surface area contributed by atoms with Gasteiger partial charge in [0.05, 0.1) is 23.9 Å². The minimum Gasteiger partial charge on any atom is -0.479 e. The summed E-state index contributed by atoms with van der Waals surface area (Å²) in [5.41, 5.74) is -1.92. The first-order chi connectivity index (χ1) is 16.6. The molecule has 210 valence electrons. The quantitative estimate of drug-likeness (QED) is 0.219. The van der Waals surface area contributed by atoms with Crippen molar-refractivity contribution in [2.24, 2.45) is 5.92 Å². The normalized spacial score (nSPS) is 40.5. The summed E-state index contributed by atoms with van der Waals surface area (Å²) in [4.78, 5) is 24.1. The van der Waals surface area contributed by atoms with Crippen LogP contribution in [0.15, 0.2) is 0 Å². The van der Waals surface area contributed by atoms with Crippen LogP contribution in [-0.4, -0.2) is 110 Å². The number of nitrogens with one attached hydrogen (secondary N) is 1. The number of rotatable bonds is 10. The maximum atomic E-state index is 12.1. The first kappa shape index (κ1) is 30.8. The van der Waals surface area contributed by atoms with Gasteiger partial charge in [0.1, 0.15) is 36.6 Å². The van der Waals surface area contributed by atoms with E-state index in [1.807, 2.05) is 20.8 Å². The molecular formula is C24H43NO11. The molecule has 6 N–H and O–H groups in total. The van der Waals surface area contributed by atoms with E-state index in [0.29, 0.717) is 12.8 Å². The van der Waals surface area contributed by atoms with Gasteiger partial charge in [-0.3, -0.25) is 4.79 Å². The highest BCUT2D eigenvalue weighted by Crippen LogP contribution is 2.40. The van der Waals surface area contributed by atoms with Crippen molar-refractivity contribution in [3.05, 3.63) is 0 Å². The fourth-order valence-electron chi connectivity index (χ4n) is 4.67. The molecule has 11 unspecified atom stereocenters. The number of aliphatic hydroxyl groups excluding tert-OH is 4. The van der Waals surface area contributed by atoms with Crippen molar-refractivity contribution in [1.82, 2.24) is 5.32 Å². The van der Waals surface area contributed by atoms with Crippen molar-refractivity contribution >= 4 is 11.9 Å². The van der Waals surface area contributed by atoms with Crippen LogP contribution in [0.5, 0.6) is 0 Å². The molecule has 0 bridgehead atoms. The number of aliphatic hydroxyl groups is 4. The van der Waals surface area contributed by atoms with Crippen LogP contribution in [0.3, 0.4) is 0 Å². The van der Waals surface area contributed by atoms with E-state index in [1.54, 1.807) is 20.8 Å². The third-order valence-electron chi connectivity index (χ3n) is 7.58. The van der Waals surface area contributed by atoms with E-state index in [-0.39, 0.29) is 5.92 Å². The third kappa shape index (κ3) is 6.36. The average molecular weight is 522 g/mol. The zero-order chi connectivity index (χ0) is 27.6. The van der Waals surface area contributed by atoms with Gasteiger partial charge in [-0.1, -0.05) is 27.2 Å². The van der Waals surface area contributed by atoms with Crippen LogP contribution in [0.4, 0.5) is 0 Å². The van der Waals surface area contributed by atoms with Gasteiger partial charge < -0.3 is 49.8 Å². The molecule has 0 radical (unpaired) electrons. The molecule has 0 aromatic carbocycles. The number of amides is 1. The van der Waals surface area contributed by atoms with E-state index in [0.717, 1.165) is 0 Å². The van der Waals surface area contributed by atoms with E-state index in [4.69, 9.17) is 18.9 Å². The smallest absolute Gasteiger partial charge is 0.335 e. The summed E-state index contributed by atoms with van der Waals surface area (Å²) >= 11 is 0. The Balaban J connectivity index is 2.43. The lowest BCUT2D eigenvalue weighted by atomic mass is 9.75. The molecular weight excluding hydrogens is 478 g/mol. The Morgan fingerprint density at radius 3 is 2.19 bits per heavy atom. The molecule has 2 saturated heterocycles. The van der Waals surface area contributed by atoms with Crippen molar-refractivity contribution in [2.75, 3.05) is 6.61 Å². The molecule has 12 nitrogen and oxygen atoms in total. The van der Waals surface area contributed by atoms with E-state index in [9.17, 15) is 35.1 Å². The predicted octanol–water partition coefficient (Wildman–Crippen LogP) is -0.462. The van der Waals surface area contributed by atoms with Crippen LogP contribution in [-0.2, 0) is 28.5 Å². The van der Waals surface area contributed by atoms with Crippen molar-refractivity contribution in [3.63, 3.8) is 0 Å². The van der Waals surface area contributed by atoms with Crippen LogP contribution in [0.2, 0.25) is 0 Å². The Morgan fingerprint density at radius 1 is 1.11 bits per heavy atom. The van der Waals surface area contributed by atoms with Crippen LogP contribution < -0.4 is 5.32 Å². The predicted molar refractivity (Wildman–Crippen MR) is 126 cm³/mol. The molecule has 2 rings (SSSR count). The van der Waals surface area contributed by atoms with E-state index in [1.165, 1.54) is 6.92 Å². The second-order valence-electron chi connectivity index (χ2n) is 10.5. The molecule has 12 heteroatoms. The summed E-state index contributed by atoms with van der Waals surface area (Å²) in [7, 11) is 0. The van der Waals surface area contributed by atoms with Crippen LogP contribution in [0.25, 0.3) is 0 Å². The molecule has 36 heavy (non-hydrogen) atoms. The van der Waals surface area contributed by atoms with Gasteiger partial charge in [0, 0.05) is 6.92 Å². The van der Waals surface area contributed by atoms with Gasteiger partial charge >= 0.3 is 5.97 Å². The summed E-state index contributed by atoms with van der Waals surface area (Å²) in [5.74, 6) is -2.05. The number of ether oxygens (including phenoxy) is 4. The van der Waals surface area contributed by atoms with Crippen molar-refractivity contribution in [2.45, 2.75) is 128 Å². The van der Waals surface area contributed by atoms with E-state index in [2.05, 4.69) is 5.32 Å². The van der Waals surface area contributed by atoms with Gasteiger partial charge in [-0.15, -0.1) is 0 Å². The zero-order valence-electron chi connectivity index (χ0n) is 22.1. The lowest BCUT2D eigenvalue weighted by Gasteiger charge is -2.54. The molecule has 2 aliphatic heterocycles. The van der Waals surface area contributed by atoms with Crippen molar-refractivity contribution < 1.29 is 54.1 Å². The number of carboxylic acids is 1. The largest absolute Gasteiger partial charge is 0.479 e. The highest BCUT2D eigenvalue weighted by molar-refractivity contribution is 5.74. The maximum absolute atomic E-state index is 12.1. The first-order valence-corrected chi connectivity index (χ1v) is 12.4. The van der Waals surface area contributed by atoms with Gasteiger partial charge in [0.2, 0.25) is 5.91 Å². The molecule has 11 atom stereocenters. The number of hydrogen-bond donors (Lipinski definition) is 6. The van der Waals surface area contributed by atoms with Crippen LogP contribution >= 0.6 is 0 Å². The highest BCUT2D eigenvalue weighted by Gasteiger charge is 2.57. The zero-order valence-corrected chi connectivity index (χ0v) is 22.1. The first-order valence-electron chi connectivity index (χ1n) is 12.4. The average Bonchev–Trinajstić information content (AvgIpc) is 2.81. The lowest BCUT2D eigenvalue weighted by molar-refractivity contribution is -0.344. The Hall–Kier alpha value is -1.38. The number of hydrogen-bond acceptors (Lipinski definition) is 10. The Labute approximate surface area is 211 Å². The van der Waals surface area contributed by atoms with Crippen molar-refractivity contribution in [3.8, 4) is 0 Å². The summed E-state index contributed by atoms with van der Waals surface area (Å²) in [6, 6.07) is -0.966. The molecule has 2 heterocycles. The Kier molecular flexibility index (Phi) is 10.3. The van der Waals surface area contributed by atoms with Crippen LogP contribution in [0, 0.1) is 5.92 Å². The maximum Gasteiger partial charge on any atom is 0.335 e. The number of aliphatic carboxylic acids is 1. The lowest BCUT2D eigenvalue weighted by Crippen LogP contribution is -2.73. The number of carbonyl (C=O) groups is 2. The molecule has 1 amide bonds. The molecule has 0 aromatic heterocycles. The van der Waals surface area contributed by atoms with Gasteiger partial charge in [-0.25, -0.2) is 4.79 Å². The minimum atomic E-state index is -1.74. The minimum absolute atomic E-state index is 0.175. The van der Waals surface area contributed by atoms with Gasteiger partial charge in [0.15, 0.2) is 12.4 Å². The molecule has 0 spiro atoms. The SMILES string of the molecule is CCC(C)C1(C)OC(CO)C(O)C(OC2OC(C(=O)O)C(OC(C)(C)CC)C(O)C2O)C1NC(C)=O. The number of carbonyl (C=O) groups excluding carboxylic acids is 1. The second kappa shape index (κ2) is 12.0. The molecule has 0 aromatic rings. The summed E-state index contributed by atoms with van der Waals surface area (Å²) in [6.45, 7) is 11.5. The third-order valence-corrected chi connectivity index (χ3v) is 7.58. The fourth-order valence-corrected chi connectivity index (χ4v) is 4.67. The Morgan fingerprint density at radius 2 is 1.72 bits per heavy atom.